The number of hydrogen-bond donors (Lipinski definition) is 0. The molecule has 0 amide bonds. The van der Waals surface area contributed by atoms with E-state index in [9.17, 15) is 0 Å². The van der Waals surface area contributed by atoms with E-state index in [-0.39, 0.29) is 0 Å². The first-order valence-corrected chi connectivity index (χ1v) is 11.3. The molecule has 158 valence electrons. The van der Waals surface area contributed by atoms with E-state index in [1.165, 1.54) is 43.4 Å². The highest BCUT2D eigenvalue weighted by Gasteiger charge is 2.15. The molecule has 0 spiro atoms. The van der Waals surface area contributed by atoms with Crippen LogP contribution in [0.25, 0.3) is 65.8 Å². The highest BCUT2D eigenvalue weighted by Crippen LogP contribution is 2.42. The van der Waals surface area contributed by atoms with Gasteiger partial charge in [0.2, 0.25) is 0 Å². The molecule has 3 aromatic heterocycles. The van der Waals surface area contributed by atoms with E-state index in [0.29, 0.717) is 0 Å². The van der Waals surface area contributed by atoms with Crippen molar-refractivity contribution in [2.75, 3.05) is 0 Å². The van der Waals surface area contributed by atoms with Crippen molar-refractivity contribution in [3.8, 4) is 33.5 Å². The van der Waals surface area contributed by atoms with Gasteiger partial charge in [0.15, 0.2) is 0 Å². The number of rotatable bonds is 3. The third-order valence-corrected chi connectivity index (χ3v) is 6.69. The highest BCUT2D eigenvalue weighted by atomic mass is 14.7. The van der Waals surface area contributed by atoms with E-state index in [4.69, 9.17) is 4.98 Å². The van der Waals surface area contributed by atoms with Crippen molar-refractivity contribution in [3.63, 3.8) is 0 Å². The molecule has 0 unspecified atom stereocenters. The van der Waals surface area contributed by atoms with Crippen LogP contribution in [0.2, 0.25) is 0 Å². The van der Waals surface area contributed by atoms with Crippen LogP contribution >= 0.6 is 0 Å². The molecule has 0 fully saturated rings. The minimum Gasteiger partial charge on any atom is -0.265 e. The van der Waals surface area contributed by atoms with Crippen LogP contribution in [0, 0.1) is 0 Å². The van der Waals surface area contributed by atoms with Crippen LogP contribution in [-0.2, 0) is 0 Å². The lowest BCUT2D eigenvalue weighted by atomic mass is 9.87. The molecule has 4 aromatic carbocycles. The first-order chi connectivity index (χ1) is 16.9. The van der Waals surface area contributed by atoms with Crippen LogP contribution in [0.1, 0.15) is 0 Å². The topological polar surface area (TPSA) is 38.7 Å². The summed E-state index contributed by atoms with van der Waals surface area (Å²) in [6.45, 7) is 0. The summed E-state index contributed by atoms with van der Waals surface area (Å²) in [5.74, 6) is 0. The zero-order valence-corrected chi connectivity index (χ0v) is 18.3. The molecule has 3 heterocycles. The van der Waals surface area contributed by atoms with Gasteiger partial charge in [0, 0.05) is 47.7 Å². The van der Waals surface area contributed by atoms with Crippen LogP contribution in [0.3, 0.4) is 0 Å². The van der Waals surface area contributed by atoms with Crippen molar-refractivity contribution >= 4 is 32.3 Å². The zero-order chi connectivity index (χ0) is 22.5. The molecule has 34 heavy (non-hydrogen) atoms. The fourth-order valence-electron chi connectivity index (χ4n) is 5.07. The number of nitrogens with zero attached hydrogens (tertiary/aromatic N) is 3. The molecule has 0 aliphatic carbocycles. The molecule has 7 rings (SSSR count). The van der Waals surface area contributed by atoms with Gasteiger partial charge in [-0.05, 0) is 67.7 Å². The lowest BCUT2D eigenvalue weighted by molar-refractivity contribution is 1.29. The third kappa shape index (κ3) is 2.87. The van der Waals surface area contributed by atoms with Gasteiger partial charge in [-0.25, -0.2) is 0 Å². The van der Waals surface area contributed by atoms with E-state index in [1.54, 1.807) is 12.4 Å². The minimum absolute atomic E-state index is 0.949. The maximum atomic E-state index is 4.75. The summed E-state index contributed by atoms with van der Waals surface area (Å²) in [7, 11) is 0. The Morgan fingerprint density at radius 2 is 1.09 bits per heavy atom. The van der Waals surface area contributed by atoms with Gasteiger partial charge in [-0.2, -0.15) is 0 Å². The average Bonchev–Trinajstić information content (AvgIpc) is 2.92. The summed E-state index contributed by atoms with van der Waals surface area (Å²) in [6, 6.07) is 30.2. The maximum Gasteiger partial charge on any atom is 0.0703 e. The molecule has 0 bridgehead atoms. The molecular formula is C31H19N3. The van der Waals surface area contributed by atoms with Crippen LogP contribution in [0.15, 0.2) is 116 Å². The molecular weight excluding hydrogens is 414 g/mol. The molecule has 0 aliphatic heterocycles. The fourth-order valence-corrected chi connectivity index (χ4v) is 5.07. The fraction of sp³-hybridized carbons (Fsp3) is 0. The zero-order valence-electron chi connectivity index (χ0n) is 18.3. The van der Waals surface area contributed by atoms with E-state index in [0.717, 1.165) is 22.4 Å². The van der Waals surface area contributed by atoms with E-state index >= 15 is 0 Å². The Balaban J connectivity index is 1.46. The number of aromatic nitrogens is 3. The summed E-state index contributed by atoms with van der Waals surface area (Å²) < 4.78 is 0. The number of pyridine rings is 3. The molecule has 0 saturated carbocycles. The van der Waals surface area contributed by atoms with Crippen LogP contribution < -0.4 is 0 Å². The Morgan fingerprint density at radius 3 is 1.68 bits per heavy atom. The molecule has 0 N–H and O–H groups in total. The van der Waals surface area contributed by atoms with Gasteiger partial charge in [0.1, 0.15) is 0 Å². The van der Waals surface area contributed by atoms with Crippen molar-refractivity contribution in [2.24, 2.45) is 0 Å². The Kier molecular flexibility index (Phi) is 4.15. The summed E-state index contributed by atoms with van der Waals surface area (Å²) in [5, 5.41) is 7.62. The third-order valence-electron chi connectivity index (χ3n) is 6.69. The second kappa shape index (κ2) is 7.46. The number of hydrogen-bond acceptors (Lipinski definition) is 3. The Hall–Kier alpha value is -4.63. The van der Waals surface area contributed by atoms with E-state index < -0.39 is 0 Å². The second-order valence-corrected chi connectivity index (χ2v) is 8.56. The first kappa shape index (κ1) is 18.9. The van der Waals surface area contributed by atoms with Gasteiger partial charge in [0.05, 0.1) is 5.69 Å². The predicted octanol–water partition coefficient (Wildman–Crippen LogP) is 7.77. The van der Waals surface area contributed by atoms with E-state index in [2.05, 4.69) is 76.7 Å². The van der Waals surface area contributed by atoms with Crippen molar-refractivity contribution < 1.29 is 0 Å². The van der Waals surface area contributed by atoms with Gasteiger partial charge in [-0.3, -0.25) is 15.0 Å². The van der Waals surface area contributed by atoms with Crippen LogP contribution in [0.4, 0.5) is 0 Å². The molecule has 3 heteroatoms. The summed E-state index contributed by atoms with van der Waals surface area (Å²) in [6.07, 6.45) is 9.33. The molecule has 3 nitrogen and oxygen atoms in total. The molecule has 0 saturated heterocycles. The van der Waals surface area contributed by atoms with Crippen molar-refractivity contribution in [3.05, 3.63) is 116 Å². The molecule has 0 radical (unpaired) electrons. The van der Waals surface area contributed by atoms with Crippen molar-refractivity contribution in [1.82, 2.24) is 15.0 Å². The van der Waals surface area contributed by atoms with Crippen molar-refractivity contribution in [2.45, 2.75) is 0 Å². The van der Waals surface area contributed by atoms with Gasteiger partial charge in [-0.15, -0.1) is 0 Å². The monoisotopic (exact) mass is 433 g/mol. The van der Waals surface area contributed by atoms with Crippen LogP contribution in [-0.4, -0.2) is 15.0 Å². The Bertz CT molecular complexity index is 1770. The molecule has 0 aliphatic rings. The highest BCUT2D eigenvalue weighted by molar-refractivity contribution is 6.27. The summed E-state index contributed by atoms with van der Waals surface area (Å²) >= 11 is 0. The van der Waals surface area contributed by atoms with Gasteiger partial charge < -0.3 is 0 Å². The normalized spacial score (nSPS) is 11.5. The Morgan fingerprint density at radius 1 is 0.441 bits per heavy atom. The maximum absolute atomic E-state index is 4.75. The second-order valence-electron chi connectivity index (χ2n) is 8.56. The summed E-state index contributed by atoms with van der Waals surface area (Å²) in [4.78, 5) is 13.2. The lowest BCUT2D eigenvalue weighted by Gasteiger charge is -2.16. The van der Waals surface area contributed by atoms with Gasteiger partial charge in [-0.1, -0.05) is 60.7 Å². The Labute approximate surface area is 196 Å². The van der Waals surface area contributed by atoms with Crippen LogP contribution in [0.5, 0.6) is 0 Å². The minimum atomic E-state index is 0.949. The van der Waals surface area contributed by atoms with E-state index in [1.807, 2.05) is 36.8 Å². The average molecular weight is 434 g/mol. The quantitative estimate of drug-likeness (QED) is 0.267. The summed E-state index contributed by atoms with van der Waals surface area (Å²) in [5.41, 5.74) is 6.68. The molecule has 0 atom stereocenters. The molecule has 7 aromatic rings. The predicted molar refractivity (Wildman–Crippen MR) is 140 cm³/mol. The number of benzene rings is 4. The smallest absolute Gasteiger partial charge is 0.0703 e. The van der Waals surface area contributed by atoms with Gasteiger partial charge >= 0.3 is 0 Å². The standard InChI is InChI=1S/C31H19N3/c1-2-23(18-33-15-1)25-8-3-21-6-11-28-26(9-4-22-5-10-27(25)30(21)31(22)28)24-7-12-29(34-19-24)20-13-16-32-17-14-20/h1-19H. The largest absolute Gasteiger partial charge is 0.265 e. The lowest BCUT2D eigenvalue weighted by Crippen LogP contribution is -1.90. The van der Waals surface area contributed by atoms with Gasteiger partial charge in [0.25, 0.3) is 0 Å². The van der Waals surface area contributed by atoms with Crippen molar-refractivity contribution in [1.29, 1.82) is 0 Å². The first-order valence-electron chi connectivity index (χ1n) is 11.3. The SMILES string of the molecule is c1cncc(-c2ccc3ccc4c(-c5ccc(-c6ccncc6)nc5)ccc5ccc2c3c54)c1.